The predicted molar refractivity (Wildman–Crippen MR) is 192 cm³/mol. The summed E-state index contributed by atoms with van der Waals surface area (Å²) in [5, 5.41) is 0. The highest BCUT2D eigenvalue weighted by Crippen LogP contribution is 2.43. The van der Waals surface area contributed by atoms with Crippen LogP contribution in [0.4, 0.5) is 0 Å². The van der Waals surface area contributed by atoms with E-state index >= 15 is 0 Å². The summed E-state index contributed by atoms with van der Waals surface area (Å²) in [7, 11) is 1.67. The van der Waals surface area contributed by atoms with Crippen LogP contribution >= 0.6 is 7.82 Å². The quantitative estimate of drug-likeness (QED) is 0.0235. The van der Waals surface area contributed by atoms with Crippen LogP contribution in [0.25, 0.3) is 0 Å². The van der Waals surface area contributed by atoms with Gasteiger partial charge in [0.2, 0.25) is 0 Å². The Hall–Kier alpha value is -0.760. The third-order valence-corrected chi connectivity index (χ3v) is 9.06. The Balaban J connectivity index is 4.30. The summed E-state index contributed by atoms with van der Waals surface area (Å²) in [6.45, 7) is 5.58. The standard InChI is InChI=1S/C37H74NO7P/c1-6-8-10-12-14-16-18-20-22-24-26-28-30-37(39)45-36(35-44-46(40,41)43-33-31-38(3,4)5)34-42-32-29-27-25-23-21-19-17-15-13-11-9-7-2/h13,15,36H,6-12,14,16-35H2,1-5H3/p+1/b15-13-. The second-order valence-electron chi connectivity index (χ2n) is 14.0. The van der Waals surface area contributed by atoms with Gasteiger partial charge in [-0.25, -0.2) is 4.57 Å². The second kappa shape index (κ2) is 31.5. The van der Waals surface area contributed by atoms with Crippen molar-refractivity contribution in [3.8, 4) is 0 Å². The minimum absolute atomic E-state index is 0.0901. The number of ether oxygens (including phenoxy) is 2. The summed E-state index contributed by atoms with van der Waals surface area (Å²) >= 11 is 0. The van der Waals surface area contributed by atoms with Gasteiger partial charge < -0.3 is 18.9 Å². The number of phosphoric ester groups is 1. The summed E-state index contributed by atoms with van der Waals surface area (Å²) in [6.07, 6.45) is 30.9. The maximum absolute atomic E-state index is 12.6. The first kappa shape index (κ1) is 45.2. The van der Waals surface area contributed by atoms with E-state index in [4.69, 9.17) is 18.5 Å². The molecule has 2 atom stereocenters. The van der Waals surface area contributed by atoms with Crippen LogP contribution in [-0.2, 0) is 27.9 Å². The zero-order valence-electron chi connectivity index (χ0n) is 30.8. The summed E-state index contributed by atoms with van der Waals surface area (Å²) in [4.78, 5) is 22.7. The molecule has 46 heavy (non-hydrogen) atoms. The van der Waals surface area contributed by atoms with Crippen molar-refractivity contribution >= 4 is 13.8 Å². The lowest BCUT2D eigenvalue weighted by molar-refractivity contribution is -0.870. The molecule has 0 heterocycles. The van der Waals surface area contributed by atoms with Crippen molar-refractivity contribution in [2.75, 3.05) is 54.1 Å². The first-order valence-electron chi connectivity index (χ1n) is 18.9. The SMILES string of the molecule is CCCC/C=C\CCCCCCCCOCC(COP(=O)(O)OCC[N+](C)(C)C)OC(=O)CCCCCCCCCCCCCC. The van der Waals surface area contributed by atoms with Gasteiger partial charge >= 0.3 is 13.8 Å². The van der Waals surface area contributed by atoms with Gasteiger partial charge in [-0.15, -0.1) is 0 Å². The van der Waals surface area contributed by atoms with Gasteiger partial charge in [-0.3, -0.25) is 13.8 Å². The Labute approximate surface area is 284 Å². The van der Waals surface area contributed by atoms with Crippen molar-refractivity contribution < 1.29 is 37.3 Å². The maximum atomic E-state index is 12.6. The van der Waals surface area contributed by atoms with Crippen LogP contribution < -0.4 is 0 Å². The summed E-state index contributed by atoms with van der Waals surface area (Å²) in [5.74, 6) is -0.316. The Kier molecular flexibility index (Phi) is 31.0. The molecule has 0 radical (unpaired) electrons. The number of rotatable bonds is 35. The van der Waals surface area contributed by atoms with Gasteiger partial charge in [0, 0.05) is 13.0 Å². The van der Waals surface area contributed by atoms with E-state index in [2.05, 4.69) is 26.0 Å². The van der Waals surface area contributed by atoms with Crippen LogP contribution in [0.2, 0.25) is 0 Å². The summed E-state index contributed by atoms with van der Waals surface area (Å²) in [6, 6.07) is 0. The summed E-state index contributed by atoms with van der Waals surface area (Å²) < 4.78 is 34.8. The van der Waals surface area contributed by atoms with Crippen LogP contribution in [0, 0.1) is 0 Å². The number of quaternary nitrogens is 1. The fourth-order valence-electron chi connectivity index (χ4n) is 5.06. The molecule has 2 unspecified atom stereocenters. The molecule has 0 amide bonds. The topological polar surface area (TPSA) is 91.3 Å². The van der Waals surface area contributed by atoms with E-state index in [1.165, 1.54) is 109 Å². The predicted octanol–water partition coefficient (Wildman–Crippen LogP) is 10.3. The number of carbonyl (C=O) groups excluding carboxylic acids is 1. The van der Waals surface area contributed by atoms with Gasteiger partial charge in [0.05, 0.1) is 34.4 Å². The molecule has 9 heteroatoms. The number of hydrogen-bond acceptors (Lipinski definition) is 6. The zero-order valence-corrected chi connectivity index (χ0v) is 31.7. The van der Waals surface area contributed by atoms with Crippen molar-refractivity contribution in [2.24, 2.45) is 0 Å². The molecule has 0 aliphatic carbocycles. The minimum Gasteiger partial charge on any atom is -0.457 e. The van der Waals surface area contributed by atoms with E-state index < -0.39 is 13.9 Å². The largest absolute Gasteiger partial charge is 0.472 e. The molecule has 0 bridgehead atoms. The number of phosphoric acid groups is 1. The molecule has 0 aromatic heterocycles. The first-order valence-corrected chi connectivity index (χ1v) is 20.4. The van der Waals surface area contributed by atoms with Crippen molar-refractivity contribution in [3.05, 3.63) is 12.2 Å². The number of esters is 1. The zero-order chi connectivity index (χ0) is 34.2. The number of unbranched alkanes of at least 4 members (excludes halogenated alkanes) is 19. The van der Waals surface area contributed by atoms with Crippen LogP contribution in [0.3, 0.4) is 0 Å². The molecule has 0 rings (SSSR count). The molecule has 0 aromatic carbocycles. The van der Waals surface area contributed by atoms with E-state index in [1.807, 2.05) is 21.1 Å². The Morgan fingerprint density at radius 1 is 0.652 bits per heavy atom. The van der Waals surface area contributed by atoms with Crippen molar-refractivity contribution in [1.82, 2.24) is 0 Å². The average Bonchev–Trinajstić information content (AvgIpc) is 2.99. The minimum atomic E-state index is -4.26. The van der Waals surface area contributed by atoms with Crippen molar-refractivity contribution in [2.45, 2.75) is 168 Å². The van der Waals surface area contributed by atoms with Crippen LogP contribution in [0.5, 0.6) is 0 Å². The number of allylic oxidation sites excluding steroid dienone is 2. The highest BCUT2D eigenvalue weighted by Gasteiger charge is 2.26. The number of nitrogens with zero attached hydrogens (tertiary/aromatic N) is 1. The Morgan fingerprint density at radius 3 is 1.72 bits per heavy atom. The molecule has 8 nitrogen and oxygen atoms in total. The molecule has 0 spiro atoms. The van der Waals surface area contributed by atoms with Crippen LogP contribution in [0.1, 0.15) is 162 Å². The van der Waals surface area contributed by atoms with Gasteiger partial charge in [0.1, 0.15) is 19.3 Å². The lowest BCUT2D eigenvalue weighted by Gasteiger charge is -2.24. The lowest BCUT2D eigenvalue weighted by atomic mass is 10.0. The van der Waals surface area contributed by atoms with Crippen LogP contribution in [-0.4, -0.2) is 75.6 Å². The Bertz CT molecular complexity index is 756. The Morgan fingerprint density at radius 2 is 1.15 bits per heavy atom. The summed E-state index contributed by atoms with van der Waals surface area (Å²) in [5.41, 5.74) is 0. The lowest BCUT2D eigenvalue weighted by Crippen LogP contribution is -2.37. The number of carbonyl (C=O) groups is 1. The molecule has 0 saturated carbocycles. The molecule has 1 N–H and O–H groups in total. The molecule has 0 fully saturated rings. The first-order chi connectivity index (χ1) is 22.1. The van der Waals surface area contributed by atoms with Crippen LogP contribution in [0.15, 0.2) is 12.2 Å². The van der Waals surface area contributed by atoms with Crippen molar-refractivity contribution in [1.29, 1.82) is 0 Å². The maximum Gasteiger partial charge on any atom is 0.472 e. The average molecular weight is 677 g/mol. The second-order valence-corrected chi connectivity index (χ2v) is 15.4. The molecular formula is C37H75NO7P+. The molecule has 0 aliphatic rings. The van der Waals surface area contributed by atoms with E-state index in [0.717, 1.165) is 32.1 Å². The third-order valence-electron chi connectivity index (χ3n) is 8.08. The fraction of sp³-hybridized carbons (Fsp3) is 0.919. The molecular weight excluding hydrogens is 601 g/mol. The molecule has 0 aromatic rings. The van der Waals surface area contributed by atoms with E-state index in [1.54, 1.807) is 0 Å². The molecule has 274 valence electrons. The van der Waals surface area contributed by atoms with Gasteiger partial charge in [0.15, 0.2) is 0 Å². The van der Waals surface area contributed by atoms with Gasteiger partial charge in [-0.05, 0) is 32.1 Å². The third kappa shape index (κ3) is 34.6. The molecule has 0 aliphatic heterocycles. The van der Waals surface area contributed by atoms with Gasteiger partial charge in [0.25, 0.3) is 0 Å². The van der Waals surface area contributed by atoms with Gasteiger partial charge in [-0.1, -0.05) is 135 Å². The number of hydrogen-bond donors (Lipinski definition) is 1. The highest BCUT2D eigenvalue weighted by molar-refractivity contribution is 7.47. The van der Waals surface area contributed by atoms with Gasteiger partial charge in [-0.2, -0.15) is 0 Å². The van der Waals surface area contributed by atoms with Crippen molar-refractivity contribution in [3.63, 3.8) is 0 Å². The molecule has 0 saturated heterocycles. The normalized spacial score (nSPS) is 14.1. The van der Waals surface area contributed by atoms with E-state index in [0.29, 0.717) is 24.1 Å². The van der Waals surface area contributed by atoms with E-state index in [9.17, 15) is 14.3 Å². The monoisotopic (exact) mass is 677 g/mol. The smallest absolute Gasteiger partial charge is 0.457 e. The highest BCUT2D eigenvalue weighted by atomic mass is 31.2. The fourth-order valence-corrected chi connectivity index (χ4v) is 5.80. The number of likely N-dealkylation sites (N-methyl/N-ethyl adjacent to an activating group) is 1. The van der Waals surface area contributed by atoms with E-state index in [-0.39, 0.29) is 25.8 Å².